The number of amides is 2. The molecule has 0 atom stereocenters. The number of hydrogen-bond acceptors (Lipinski definition) is 7. The fraction of sp³-hybridized carbons (Fsp3) is 0.261. The number of hydrogen-bond donors (Lipinski definition) is 2. The zero-order chi connectivity index (χ0) is 24.5. The third-order valence-corrected chi connectivity index (χ3v) is 4.92. The van der Waals surface area contributed by atoms with E-state index in [4.69, 9.17) is 9.15 Å². The number of benzene rings is 1. The van der Waals surface area contributed by atoms with Crippen LogP contribution in [0.1, 0.15) is 32.0 Å². The predicted molar refractivity (Wildman–Crippen MR) is 123 cm³/mol. The third-order valence-electron chi connectivity index (χ3n) is 4.92. The number of aromatic nitrogens is 5. The summed E-state index contributed by atoms with van der Waals surface area (Å²) in [4.78, 5) is 24.8. The van der Waals surface area contributed by atoms with E-state index >= 15 is 0 Å². The number of carbonyl (C=O) groups excluding carboxylic acids is 1. The molecular weight excluding hydrogens is 441 g/mol. The fourth-order valence-electron chi connectivity index (χ4n) is 3.05. The summed E-state index contributed by atoms with van der Waals surface area (Å²) in [5.41, 5.74) is 1.54. The van der Waals surface area contributed by atoms with Crippen LogP contribution in [0, 0.1) is 12.7 Å². The van der Waals surface area contributed by atoms with Crippen LogP contribution in [0.5, 0.6) is 11.8 Å². The highest BCUT2D eigenvalue weighted by Gasteiger charge is 2.20. The Balaban J connectivity index is 1.52. The number of ether oxygens (including phenoxy) is 1. The lowest BCUT2D eigenvalue weighted by atomic mass is 9.92. The summed E-state index contributed by atoms with van der Waals surface area (Å²) in [6.45, 7) is 7.74. The van der Waals surface area contributed by atoms with Gasteiger partial charge in [0.25, 0.3) is 0 Å². The van der Waals surface area contributed by atoms with Gasteiger partial charge in [0, 0.05) is 30.8 Å². The van der Waals surface area contributed by atoms with Crippen molar-refractivity contribution in [2.75, 3.05) is 10.6 Å². The number of nitrogens with one attached hydrogen (secondary N) is 2. The average molecular weight is 465 g/mol. The summed E-state index contributed by atoms with van der Waals surface area (Å²) in [5, 5.41) is 9.61. The second-order valence-corrected chi connectivity index (χ2v) is 8.66. The second-order valence-electron chi connectivity index (χ2n) is 8.66. The molecule has 0 saturated carbocycles. The third kappa shape index (κ3) is 5.03. The van der Waals surface area contributed by atoms with Crippen molar-refractivity contribution < 1.29 is 18.3 Å². The minimum atomic E-state index is -0.624. The van der Waals surface area contributed by atoms with Crippen molar-refractivity contribution in [1.82, 2.24) is 24.7 Å². The first-order valence-electron chi connectivity index (χ1n) is 10.4. The molecule has 0 fully saturated rings. The summed E-state index contributed by atoms with van der Waals surface area (Å²) < 4.78 is 27.2. The lowest BCUT2D eigenvalue weighted by Gasteiger charge is -2.13. The van der Waals surface area contributed by atoms with E-state index in [2.05, 4.69) is 30.7 Å². The minimum absolute atomic E-state index is 0.0311. The Kier molecular flexibility index (Phi) is 6.01. The Morgan fingerprint density at radius 3 is 2.68 bits per heavy atom. The molecule has 0 saturated heterocycles. The summed E-state index contributed by atoms with van der Waals surface area (Å²) in [5.74, 6) is 0.592. The van der Waals surface area contributed by atoms with Crippen molar-refractivity contribution in [3.05, 3.63) is 60.1 Å². The molecule has 1 aromatic carbocycles. The maximum absolute atomic E-state index is 14.6. The molecule has 0 aliphatic heterocycles. The summed E-state index contributed by atoms with van der Waals surface area (Å²) in [7, 11) is 1.72. The number of oxazole rings is 1. The molecule has 10 nitrogen and oxygen atoms in total. The maximum atomic E-state index is 14.6. The Hall–Kier alpha value is -4.28. The van der Waals surface area contributed by atoms with E-state index in [-0.39, 0.29) is 22.9 Å². The van der Waals surface area contributed by atoms with Crippen LogP contribution in [0.15, 0.2) is 47.5 Å². The van der Waals surface area contributed by atoms with Crippen LogP contribution in [0.4, 0.5) is 20.7 Å². The molecule has 0 spiro atoms. The molecule has 4 rings (SSSR count). The molecular formula is C23H24FN7O3. The van der Waals surface area contributed by atoms with Gasteiger partial charge in [0.2, 0.25) is 0 Å². The summed E-state index contributed by atoms with van der Waals surface area (Å²) in [6.07, 6.45) is 4.31. The van der Waals surface area contributed by atoms with E-state index in [1.165, 1.54) is 30.9 Å². The first-order valence-corrected chi connectivity index (χ1v) is 10.4. The fourth-order valence-corrected chi connectivity index (χ4v) is 3.05. The van der Waals surface area contributed by atoms with E-state index in [9.17, 15) is 9.18 Å². The predicted octanol–water partition coefficient (Wildman–Crippen LogP) is 5.05. The number of halogens is 1. The molecule has 2 amide bonds. The molecule has 0 aliphatic carbocycles. The number of rotatable bonds is 5. The zero-order valence-electron chi connectivity index (χ0n) is 19.4. The molecule has 0 aliphatic rings. The number of anilines is 2. The number of aryl methyl sites for hydroxylation is 2. The molecule has 0 unspecified atom stereocenters. The van der Waals surface area contributed by atoms with Gasteiger partial charge in [-0.15, -0.1) is 0 Å². The van der Waals surface area contributed by atoms with Crippen molar-refractivity contribution in [1.29, 1.82) is 0 Å². The van der Waals surface area contributed by atoms with Gasteiger partial charge in [-0.05, 0) is 24.6 Å². The highest BCUT2D eigenvalue weighted by atomic mass is 19.1. The summed E-state index contributed by atoms with van der Waals surface area (Å²) in [6, 6.07) is 5.46. The van der Waals surface area contributed by atoms with Crippen LogP contribution in [-0.4, -0.2) is 30.8 Å². The number of nitrogens with zero attached hydrogens (tertiary/aromatic N) is 5. The topological polar surface area (TPSA) is 120 Å². The highest BCUT2D eigenvalue weighted by Crippen LogP contribution is 2.30. The Bertz CT molecular complexity index is 1330. The van der Waals surface area contributed by atoms with E-state index in [0.717, 1.165) is 5.69 Å². The standard InChI is InChI=1S/C23H24FN7O3/c1-13-8-14(24)16(27-21(32)29-20-10-19(23(2,3)4)30-31(20)5)9-17(13)34-22-26-7-6-15(28-22)18-11-25-12-33-18/h6-12H,1-5H3,(H2,27,29,32). The van der Waals surface area contributed by atoms with Gasteiger partial charge in [-0.3, -0.25) is 10.00 Å². The average Bonchev–Trinajstić information content (AvgIpc) is 3.42. The van der Waals surface area contributed by atoms with Gasteiger partial charge in [-0.1, -0.05) is 20.8 Å². The monoisotopic (exact) mass is 465 g/mol. The smallest absolute Gasteiger partial charge is 0.324 e. The lowest BCUT2D eigenvalue weighted by Crippen LogP contribution is -2.21. The van der Waals surface area contributed by atoms with Gasteiger partial charge in [-0.2, -0.15) is 10.1 Å². The molecule has 34 heavy (non-hydrogen) atoms. The second kappa shape index (κ2) is 8.93. The lowest BCUT2D eigenvalue weighted by molar-refractivity contribution is 0.262. The van der Waals surface area contributed by atoms with Crippen LogP contribution in [0.2, 0.25) is 0 Å². The quantitative estimate of drug-likeness (QED) is 0.423. The van der Waals surface area contributed by atoms with Gasteiger partial charge in [-0.25, -0.2) is 19.2 Å². The van der Waals surface area contributed by atoms with Gasteiger partial charge < -0.3 is 14.5 Å². The molecule has 11 heteroatoms. The van der Waals surface area contributed by atoms with Crippen molar-refractivity contribution >= 4 is 17.5 Å². The van der Waals surface area contributed by atoms with Gasteiger partial charge in [0.1, 0.15) is 23.1 Å². The van der Waals surface area contributed by atoms with Crippen molar-refractivity contribution in [2.45, 2.75) is 33.1 Å². The molecule has 4 aromatic rings. The largest absolute Gasteiger partial charge is 0.442 e. The normalized spacial score (nSPS) is 11.4. The first-order chi connectivity index (χ1) is 16.1. The number of urea groups is 1. The van der Waals surface area contributed by atoms with E-state index in [1.807, 2.05) is 20.8 Å². The van der Waals surface area contributed by atoms with Crippen LogP contribution in [-0.2, 0) is 12.5 Å². The Morgan fingerprint density at radius 1 is 1.21 bits per heavy atom. The van der Waals surface area contributed by atoms with Crippen molar-refractivity contribution in [2.24, 2.45) is 7.05 Å². The van der Waals surface area contributed by atoms with E-state index < -0.39 is 11.8 Å². The van der Waals surface area contributed by atoms with Gasteiger partial charge >= 0.3 is 12.0 Å². The Morgan fingerprint density at radius 2 is 2.00 bits per heavy atom. The maximum Gasteiger partial charge on any atom is 0.324 e. The van der Waals surface area contributed by atoms with Crippen LogP contribution in [0.3, 0.4) is 0 Å². The Labute approximate surface area is 195 Å². The molecule has 176 valence electrons. The zero-order valence-corrected chi connectivity index (χ0v) is 19.4. The van der Waals surface area contributed by atoms with Crippen LogP contribution >= 0.6 is 0 Å². The number of carbonyl (C=O) groups is 1. The van der Waals surface area contributed by atoms with E-state index in [0.29, 0.717) is 22.8 Å². The SMILES string of the molecule is Cc1cc(F)c(NC(=O)Nc2cc(C(C)(C)C)nn2C)cc1Oc1nccc(-c2cnco2)n1. The van der Waals surface area contributed by atoms with Gasteiger partial charge in [0.15, 0.2) is 12.2 Å². The first kappa shape index (κ1) is 22.9. The molecule has 3 aromatic heterocycles. The minimum Gasteiger partial charge on any atom is -0.442 e. The van der Waals surface area contributed by atoms with Crippen molar-refractivity contribution in [3.8, 4) is 23.2 Å². The van der Waals surface area contributed by atoms with Crippen LogP contribution < -0.4 is 15.4 Å². The van der Waals surface area contributed by atoms with E-state index in [1.54, 1.807) is 30.8 Å². The highest BCUT2D eigenvalue weighted by molar-refractivity contribution is 5.99. The molecule has 0 radical (unpaired) electrons. The van der Waals surface area contributed by atoms with Gasteiger partial charge in [0.05, 0.1) is 17.6 Å². The molecule has 2 N–H and O–H groups in total. The molecule has 0 bridgehead atoms. The molecule has 3 heterocycles. The summed E-state index contributed by atoms with van der Waals surface area (Å²) >= 11 is 0. The van der Waals surface area contributed by atoms with Crippen molar-refractivity contribution in [3.63, 3.8) is 0 Å². The van der Waals surface area contributed by atoms with Crippen LogP contribution in [0.25, 0.3) is 11.5 Å².